The number of hydrogen-bond donors (Lipinski definition) is 2. The van der Waals surface area contributed by atoms with Gasteiger partial charge in [-0.1, -0.05) is 0 Å². The lowest BCUT2D eigenvalue weighted by molar-refractivity contribution is -0.133. The summed E-state index contributed by atoms with van der Waals surface area (Å²) < 4.78 is 58.3. The van der Waals surface area contributed by atoms with Crippen molar-refractivity contribution in [1.29, 1.82) is 0 Å². The van der Waals surface area contributed by atoms with Crippen LogP contribution in [-0.2, 0) is 34.6 Å². The molecule has 3 fully saturated rings. The van der Waals surface area contributed by atoms with Gasteiger partial charge in [-0.25, -0.2) is 12.7 Å². The predicted molar refractivity (Wildman–Crippen MR) is 107 cm³/mol. The van der Waals surface area contributed by atoms with E-state index >= 15 is 0 Å². The van der Waals surface area contributed by atoms with E-state index in [1.54, 1.807) is 4.90 Å². The van der Waals surface area contributed by atoms with Crippen LogP contribution in [0.15, 0.2) is 0 Å². The molecule has 0 spiro atoms. The first-order valence-corrected chi connectivity index (χ1v) is 12.7. The molecule has 3 aliphatic rings. The Morgan fingerprint density at radius 1 is 1.23 bits per heavy atom. The van der Waals surface area contributed by atoms with Gasteiger partial charge in [0.15, 0.2) is 5.25 Å². The number of carbonyl (C=O) groups excluding carboxylic acids is 2. The van der Waals surface area contributed by atoms with Crippen molar-refractivity contribution in [2.45, 2.75) is 42.7 Å². The fourth-order valence-electron chi connectivity index (χ4n) is 4.17. The number of hydrogen-bond acceptors (Lipinski definition) is 7. The second-order valence-corrected chi connectivity index (χ2v) is 12.1. The minimum atomic E-state index is -3.75. The number of carbonyl (C=O) groups is 2. The highest BCUT2D eigenvalue weighted by Crippen LogP contribution is 2.33. The fraction of sp³-hybridized carbons (Fsp3) is 0.875. The molecule has 0 bridgehead atoms. The fourth-order valence-corrected chi connectivity index (χ4v) is 6.28. The van der Waals surface area contributed by atoms with Gasteiger partial charge in [-0.15, -0.1) is 0 Å². The van der Waals surface area contributed by atoms with Crippen molar-refractivity contribution >= 4 is 32.0 Å². The summed E-state index contributed by atoms with van der Waals surface area (Å²) in [6.45, 7) is 0.472. The molecule has 4 unspecified atom stereocenters. The van der Waals surface area contributed by atoms with Crippen LogP contribution in [0.1, 0.15) is 19.3 Å². The third kappa shape index (κ3) is 4.48. The summed E-state index contributed by atoms with van der Waals surface area (Å²) in [4.78, 5) is 26.9. The van der Waals surface area contributed by atoms with Crippen molar-refractivity contribution in [3.8, 4) is 0 Å². The SMILES string of the molecule is CN(C)S(=O)(=O)NCC(=O)N1C(CNC(=O)C2CCN(C)S2(=O)=O)CC2OCCC21. The van der Waals surface area contributed by atoms with E-state index in [1.165, 1.54) is 21.1 Å². The molecule has 0 aliphatic carbocycles. The second kappa shape index (κ2) is 8.67. The van der Waals surface area contributed by atoms with Crippen molar-refractivity contribution in [2.24, 2.45) is 0 Å². The molecule has 0 aromatic carbocycles. The first-order chi connectivity index (χ1) is 13.9. The van der Waals surface area contributed by atoms with Crippen LogP contribution >= 0.6 is 0 Å². The number of rotatable bonds is 7. The Kier molecular flexibility index (Phi) is 6.74. The summed E-state index contributed by atoms with van der Waals surface area (Å²) in [6, 6.07) is -0.591. The lowest BCUT2D eigenvalue weighted by Gasteiger charge is -2.30. The molecule has 0 aromatic heterocycles. The molecule has 4 atom stereocenters. The first kappa shape index (κ1) is 23.3. The van der Waals surface area contributed by atoms with Gasteiger partial charge in [0.05, 0.1) is 24.7 Å². The van der Waals surface area contributed by atoms with Crippen molar-refractivity contribution < 1.29 is 31.2 Å². The van der Waals surface area contributed by atoms with E-state index < -0.39 is 49.9 Å². The van der Waals surface area contributed by atoms with Gasteiger partial charge in [0, 0.05) is 40.8 Å². The number of amides is 2. The van der Waals surface area contributed by atoms with Crippen LogP contribution in [-0.4, -0.2) is 113 Å². The molecule has 12 nitrogen and oxygen atoms in total. The highest BCUT2D eigenvalue weighted by molar-refractivity contribution is 7.90. The van der Waals surface area contributed by atoms with Crippen LogP contribution in [0.5, 0.6) is 0 Å². The molecule has 0 radical (unpaired) electrons. The summed E-state index contributed by atoms with van der Waals surface area (Å²) in [7, 11) is -3.26. The number of ether oxygens (including phenoxy) is 1. The third-order valence-corrected chi connectivity index (χ3v) is 9.60. The highest BCUT2D eigenvalue weighted by atomic mass is 32.2. The molecule has 0 aromatic rings. The van der Waals surface area contributed by atoms with Gasteiger partial charge in [0.1, 0.15) is 0 Å². The molecule has 172 valence electrons. The summed E-state index contributed by atoms with van der Waals surface area (Å²) in [6.07, 6.45) is 1.17. The van der Waals surface area contributed by atoms with Crippen molar-refractivity contribution in [1.82, 2.24) is 23.5 Å². The normalized spacial score (nSPS) is 31.3. The molecule has 3 aliphatic heterocycles. The zero-order chi connectivity index (χ0) is 22.3. The maximum atomic E-state index is 12.8. The molecule has 3 rings (SSSR count). The van der Waals surface area contributed by atoms with Gasteiger partial charge in [-0.05, 0) is 19.3 Å². The van der Waals surface area contributed by atoms with E-state index in [-0.39, 0.29) is 25.1 Å². The van der Waals surface area contributed by atoms with Crippen LogP contribution in [0.4, 0.5) is 0 Å². The van der Waals surface area contributed by atoms with Crippen LogP contribution < -0.4 is 10.0 Å². The summed E-state index contributed by atoms with van der Waals surface area (Å²) in [5.74, 6) is -0.996. The quantitative estimate of drug-likeness (QED) is 0.414. The molecular weight excluding hydrogens is 438 g/mol. The van der Waals surface area contributed by atoms with E-state index in [0.717, 1.165) is 8.61 Å². The molecule has 3 heterocycles. The lowest BCUT2D eigenvalue weighted by atomic mass is 10.1. The zero-order valence-corrected chi connectivity index (χ0v) is 18.9. The summed E-state index contributed by atoms with van der Waals surface area (Å²) >= 11 is 0. The Balaban J connectivity index is 1.64. The third-order valence-electron chi connectivity index (χ3n) is 5.91. The van der Waals surface area contributed by atoms with E-state index in [9.17, 15) is 26.4 Å². The number of fused-ring (bicyclic) bond motifs is 1. The number of nitrogens with one attached hydrogen (secondary N) is 2. The Morgan fingerprint density at radius 3 is 2.53 bits per heavy atom. The van der Waals surface area contributed by atoms with E-state index in [1.807, 2.05) is 0 Å². The maximum Gasteiger partial charge on any atom is 0.279 e. The van der Waals surface area contributed by atoms with Crippen LogP contribution in [0, 0.1) is 0 Å². The molecule has 2 N–H and O–H groups in total. The Morgan fingerprint density at radius 2 is 1.93 bits per heavy atom. The monoisotopic (exact) mass is 467 g/mol. The first-order valence-electron chi connectivity index (χ1n) is 9.78. The van der Waals surface area contributed by atoms with E-state index in [4.69, 9.17) is 4.74 Å². The highest BCUT2D eigenvalue weighted by Gasteiger charge is 2.47. The van der Waals surface area contributed by atoms with E-state index in [0.29, 0.717) is 26.0 Å². The van der Waals surface area contributed by atoms with E-state index in [2.05, 4.69) is 10.0 Å². The van der Waals surface area contributed by atoms with Gasteiger partial charge in [0.25, 0.3) is 10.2 Å². The zero-order valence-electron chi connectivity index (χ0n) is 17.3. The lowest BCUT2D eigenvalue weighted by Crippen LogP contribution is -2.52. The number of sulfonamides is 1. The number of nitrogens with zero attached hydrogens (tertiary/aromatic N) is 3. The molecule has 3 saturated heterocycles. The van der Waals surface area contributed by atoms with Crippen molar-refractivity contribution in [2.75, 3.05) is 47.4 Å². The second-order valence-electron chi connectivity index (χ2n) is 7.95. The van der Waals surface area contributed by atoms with Crippen LogP contribution in [0.2, 0.25) is 0 Å². The van der Waals surface area contributed by atoms with Gasteiger partial charge < -0.3 is 15.0 Å². The van der Waals surface area contributed by atoms with Gasteiger partial charge in [-0.2, -0.15) is 17.4 Å². The molecular formula is C16H29N5O7S2. The average molecular weight is 468 g/mol. The largest absolute Gasteiger partial charge is 0.376 e. The average Bonchev–Trinajstić information content (AvgIpc) is 3.31. The smallest absolute Gasteiger partial charge is 0.279 e. The van der Waals surface area contributed by atoms with Crippen molar-refractivity contribution in [3.63, 3.8) is 0 Å². The predicted octanol–water partition coefficient (Wildman–Crippen LogP) is -2.71. The van der Waals surface area contributed by atoms with Gasteiger partial charge in [-0.3, -0.25) is 9.59 Å². The summed E-state index contributed by atoms with van der Waals surface area (Å²) in [5.41, 5.74) is 0. The van der Waals surface area contributed by atoms with Crippen LogP contribution in [0.25, 0.3) is 0 Å². The topological polar surface area (TPSA) is 145 Å². The number of likely N-dealkylation sites (tertiary alicyclic amines) is 1. The maximum absolute atomic E-state index is 12.8. The molecule has 14 heteroatoms. The Bertz CT molecular complexity index is 892. The van der Waals surface area contributed by atoms with Gasteiger partial charge in [0.2, 0.25) is 21.8 Å². The van der Waals surface area contributed by atoms with Crippen LogP contribution in [0.3, 0.4) is 0 Å². The van der Waals surface area contributed by atoms with Gasteiger partial charge >= 0.3 is 0 Å². The minimum Gasteiger partial charge on any atom is -0.376 e. The standard InChI is InChI=1S/C16H29N5O7S2/c1-19(2)30(26,27)18-10-15(22)21-11(8-13-12(21)5-7-28-13)9-17-16(23)14-4-6-20(3)29(14,24)25/h11-14,18H,4-10H2,1-3H3,(H,17,23). The Hall–Kier alpha value is -1.32. The molecule has 0 saturated carbocycles. The van der Waals surface area contributed by atoms with Crippen molar-refractivity contribution in [3.05, 3.63) is 0 Å². The minimum absolute atomic E-state index is 0.0805. The molecule has 2 amide bonds. The molecule has 30 heavy (non-hydrogen) atoms. The Labute approximate surface area is 177 Å². The summed E-state index contributed by atoms with van der Waals surface area (Å²) in [5, 5.41) is 1.54.